The van der Waals surface area contributed by atoms with Crippen LogP contribution in [0.5, 0.6) is 5.75 Å². The predicted octanol–water partition coefficient (Wildman–Crippen LogP) is 6.16. The predicted molar refractivity (Wildman–Crippen MR) is 139 cm³/mol. The highest BCUT2D eigenvalue weighted by Crippen LogP contribution is 2.46. The molecule has 0 bridgehead atoms. The molecular weight excluding hydrogens is 500 g/mol. The molecule has 2 aromatic carbocycles. The van der Waals surface area contributed by atoms with E-state index in [2.05, 4.69) is 44.8 Å². The Labute approximate surface area is 208 Å². The number of ether oxygens (including phenoxy) is 1. The molecule has 5 nitrogen and oxygen atoms in total. The van der Waals surface area contributed by atoms with Gasteiger partial charge in [-0.25, -0.2) is 4.79 Å². The van der Waals surface area contributed by atoms with E-state index in [0.717, 1.165) is 52.9 Å². The number of nitrogens with zero attached hydrogens (tertiary/aromatic N) is 2. The first kappa shape index (κ1) is 24.2. The monoisotopic (exact) mass is 530 g/mol. The summed E-state index contributed by atoms with van der Waals surface area (Å²) >= 11 is 5.39. The first-order valence-electron chi connectivity index (χ1n) is 11.4. The van der Waals surface area contributed by atoms with Crippen LogP contribution in [-0.2, 0) is 23.5 Å². The van der Waals surface area contributed by atoms with Crippen LogP contribution in [-0.4, -0.2) is 47.0 Å². The van der Waals surface area contributed by atoms with Crippen LogP contribution in [0.2, 0.25) is 0 Å². The van der Waals surface area contributed by atoms with Crippen molar-refractivity contribution in [1.82, 2.24) is 9.47 Å². The zero-order valence-corrected chi connectivity index (χ0v) is 21.8. The summed E-state index contributed by atoms with van der Waals surface area (Å²) in [6.07, 6.45) is 3.20. The Morgan fingerprint density at radius 1 is 1.27 bits per heavy atom. The summed E-state index contributed by atoms with van der Waals surface area (Å²) < 4.78 is 8.52. The third-order valence-corrected chi connectivity index (χ3v) is 7.48. The van der Waals surface area contributed by atoms with E-state index in [1.165, 1.54) is 5.56 Å². The van der Waals surface area contributed by atoms with Gasteiger partial charge in [0.1, 0.15) is 5.75 Å². The van der Waals surface area contributed by atoms with Gasteiger partial charge in [0.15, 0.2) is 0 Å². The van der Waals surface area contributed by atoms with Crippen LogP contribution >= 0.6 is 27.7 Å². The minimum absolute atomic E-state index is 0.193. The Morgan fingerprint density at radius 3 is 2.64 bits per heavy atom. The third kappa shape index (κ3) is 5.26. The van der Waals surface area contributed by atoms with Crippen LogP contribution in [0.1, 0.15) is 53.0 Å². The summed E-state index contributed by atoms with van der Waals surface area (Å²) in [4.78, 5) is 15.3. The molecule has 1 saturated carbocycles. The van der Waals surface area contributed by atoms with Crippen molar-refractivity contribution in [3.8, 4) is 5.75 Å². The van der Waals surface area contributed by atoms with Gasteiger partial charge in [0.05, 0.1) is 22.2 Å². The average Bonchev–Trinajstić information content (AvgIpc) is 3.57. The first-order chi connectivity index (χ1) is 15.9. The van der Waals surface area contributed by atoms with Crippen molar-refractivity contribution in [1.29, 1.82) is 0 Å². The van der Waals surface area contributed by atoms with Crippen molar-refractivity contribution in [2.45, 2.75) is 44.5 Å². The van der Waals surface area contributed by atoms with E-state index in [9.17, 15) is 9.90 Å². The van der Waals surface area contributed by atoms with E-state index in [-0.39, 0.29) is 11.7 Å². The summed E-state index contributed by atoms with van der Waals surface area (Å²) in [5.41, 5.74) is 4.72. The number of aromatic nitrogens is 1. The van der Waals surface area contributed by atoms with E-state index in [1.54, 1.807) is 0 Å². The summed E-state index contributed by atoms with van der Waals surface area (Å²) in [6, 6.07) is 12.8. The Kier molecular flexibility index (Phi) is 7.72. The van der Waals surface area contributed by atoms with E-state index in [0.29, 0.717) is 29.2 Å². The van der Waals surface area contributed by atoms with Crippen molar-refractivity contribution in [3.05, 3.63) is 63.3 Å². The number of hydrogen-bond acceptors (Lipinski definition) is 5. The Bertz CT molecular complexity index is 1140. The lowest BCUT2D eigenvalue weighted by Crippen LogP contribution is -2.13. The fourth-order valence-corrected chi connectivity index (χ4v) is 5.80. The number of fused-ring (bicyclic) bond motifs is 1. The number of aromatic hydroxyl groups is 1. The largest absolute Gasteiger partial charge is 0.506 e. The molecule has 1 aliphatic carbocycles. The zero-order chi connectivity index (χ0) is 23.5. The average molecular weight is 532 g/mol. The number of benzene rings is 2. The van der Waals surface area contributed by atoms with Gasteiger partial charge in [-0.05, 0) is 73.6 Å². The molecule has 0 amide bonds. The van der Waals surface area contributed by atoms with Crippen molar-refractivity contribution in [2.75, 3.05) is 26.5 Å². The smallest absolute Gasteiger partial charge is 0.340 e. The quantitative estimate of drug-likeness (QED) is 0.251. The van der Waals surface area contributed by atoms with Gasteiger partial charge < -0.3 is 19.3 Å². The van der Waals surface area contributed by atoms with Crippen molar-refractivity contribution in [2.24, 2.45) is 0 Å². The summed E-state index contributed by atoms with van der Waals surface area (Å²) in [6.45, 7) is 2.69. The molecule has 0 saturated heterocycles. The number of phenols is 1. The van der Waals surface area contributed by atoms with E-state index in [4.69, 9.17) is 4.74 Å². The number of phenolic OH excluding ortho intramolecular Hbond substituents is 1. The molecule has 1 heterocycles. The number of carbonyl (C=O) groups excluding carboxylic acids is 1. The second-order valence-electron chi connectivity index (χ2n) is 8.75. The second-order valence-corrected chi connectivity index (χ2v) is 10.7. The lowest BCUT2D eigenvalue weighted by atomic mass is 10.0. The van der Waals surface area contributed by atoms with Gasteiger partial charge in [-0.1, -0.05) is 30.3 Å². The number of aryl methyl sites for hydroxylation is 1. The van der Waals surface area contributed by atoms with E-state index < -0.39 is 0 Å². The number of rotatable bonds is 10. The van der Waals surface area contributed by atoms with Crippen molar-refractivity contribution >= 4 is 44.6 Å². The molecule has 1 fully saturated rings. The SMILES string of the molecule is CCOC(=O)c1c(CSCCc2ccccc2)n(C2CC2)c2cc(Br)c(O)c(CN(C)C)c12. The molecule has 0 unspecified atom stereocenters. The summed E-state index contributed by atoms with van der Waals surface area (Å²) in [5, 5.41) is 11.8. The Morgan fingerprint density at radius 2 is 2.00 bits per heavy atom. The maximum absolute atomic E-state index is 13.3. The maximum Gasteiger partial charge on any atom is 0.340 e. The Hall–Kier alpha value is -1.96. The maximum atomic E-state index is 13.3. The van der Waals surface area contributed by atoms with Crippen molar-refractivity contribution < 1.29 is 14.6 Å². The zero-order valence-electron chi connectivity index (χ0n) is 19.4. The lowest BCUT2D eigenvalue weighted by Gasteiger charge is -2.15. The van der Waals surface area contributed by atoms with Crippen LogP contribution < -0.4 is 0 Å². The fourth-order valence-electron chi connectivity index (χ4n) is 4.35. The Balaban J connectivity index is 1.78. The van der Waals surface area contributed by atoms with Gasteiger partial charge in [-0.3, -0.25) is 0 Å². The molecule has 1 aromatic heterocycles. The first-order valence-corrected chi connectivity index (χ1v) is 13.4. The molecule has 4 rings (SSSR count). The van der Waals surface area contributed by atoms with Gasteiger partial charge in [-0.2, -0.15) is 11.8 Å². The fraction of sp³-hybridized carbons (Fsp3) is 0.423. The van der Waals surface area contributed by atoms with Crippen LogP contribution in [0.15, 0.2) is 40.9 Å². The van der Waals surface area contributed by atoms with Gasteiger partial charge in [-0.15, -0.1) is 0 Å². The van der Waals surface area contributed by atoms with Crippen LogP contribution in [0.3, 0.4) is 0 Å². The minimum atomic E-state index is -0.303. The second kappa shape index (κ2) is 10.5. The minimum Gasteiger partial charge on any atom is -0.506 e. The summed E-state index contributed by atoms with van der Waals surface area (Å²) in [7, 11) is 3.93. The van der Waals surface area contributed by atoms with Gasteiger partial charge in [0.2, 0.25) is 0 Å². The number of hydrogen-bond donors (Lipinski definition) is 1. The lowest BCUT2D eigenvalue weighted by molar-refractivity contribution is 0.0527. The molecule has 0 radical (unpaired) electrons. The molecule has 33 heavy (non-hydrogen) atoms. The highest BCUT2D eigenvalue weighted by molar-refractivity contribution is 9.10. The summed E-state index contributed by atoms with van der Waals surface area (Å²) in [5.74, 6) is 1.59. The van der Waals surface area contributed by atoms with Crippen molar-refractivity contribution in [3.63, 3.8) is 0 Å². The van der Waals surface area contributed by atoms with Gasteiger partial charge in [0, 0.05) is 35.0 Å². The topological polar surface area (TPSA) is 54.7 Å². The van der Waals surface area contributed by atoms with E-state index in [1.807, 2.05) is 49.8 Å². The highest BCUT2D eigenvalue weighted by Gasteiger charge is 2.34. The van der Waals surface area contributed by atoms with Crippen LogP contribution in [0, 0.1) is 0 Å². The number of thioether (sulfide) groups is 1. The van der Waals surface area contributed by atoms with E-state index >= 15 is 0 Å². The number of esters is 1. The van der Waals surface area contributed by atoms with Crippen LogP contribution in [0.4, 0.5) is 0 Å². The normalized spacial score (nSPS) is 13.7. The molecule has 1 N–H and O–H groups in total. The number of halogens is 1. The molecular formula is C26H31BrN2O3S. The standard InChI is InChI=1S/C26H31BrN2O3S/c1-4-32-26(31)24-22(16-33-13-12-17-8-6-5-7-9-17)29(18-10-11-18)21-14-20(27)25(30)19(23(21)24)15-28(2)3/h5-9,14,18,30H,4,10-13,15-16H2,1-3H3. The van der Waals surface area contributed by atoms with Gasteiger partial charge in [0.25, 0.3) is 0 Å². The van der Waals surface area contributed by atoms with Crippen LogP contribution in [0.25, 0.3) is 10.9 Å². The molecule has 0 aliphatic heterocycles. The molecule has 1 aliphatic rings. The van der Waals surface area contributed by atoms with Gasteiger partial charge >= 0.3 is 5.97 Å². The molecule has 7 heteroatoms. The molecule has 176 valence electrons. The highest BCUT2D eigenvalue weighted by atomic mass is 79.9. The number of carbonyl (C=O) groups is 1. The molecule has 0 spiro atoms. The third-order valence-electron chi connectivity index (χ3n) is 5.90. The molecule has 3 aromatic rings. The molecule has 0 atom stereocenters.